The molecule has 4 atom stereocenters. The molecule has 1 aliphatic carbocycles. The molecule has 4 unspecified atom stereocenters. The molecule has 0 amide bonds. The Hall–Kier alpha value is 0.375. The van der Waals surface area contributed by atoms with Gasteiger partial charge in [-0.3, -0.25) is 4.90 Å². The standard InChI is InChI=1S/C12H24BNS/c1-11(2)6-5-9-8(12(11,3)13)7-10(15)14(9)4/h8-10,15H,5-7,13H2,1-4H3. The van der Waals surface area contributed by atoms with Crippen molar-refractivity contribution < 1.29 is 0 Å². The van der Waals surface area contributed by atoms with Gasteiger partial charge in [0, 0.05) is 6.04 Å². The SMILES string of the molecule is BC1(C)C2CC(S)N(C)C2CCC1(C)C. The van der Waals surface area contributed by atoms with E-state index in [1.807, 2.05) is 0 Å². The summed E-state index contributed by atoms with van der Waals surface area (Å²) in [6, 6.07) is 0.774. The second-order valence-electron chi connectivity index (χ2n) is 6.70. The molecule has 1 saturated heterocycles. The summed E-state index contributed by atoms with van der Waals surface area (Å²) in [7, 11) is 4.71. The van der Waals surface area contributed by atoms with Crippen LogP contribution in [0.1, 0.15) is 40.0 Å². The molecular weight excluding hydrogens is 201 g/mol. The number of likely N-dealkylation sites (tertiary alicyclic amines) is 1. The molecule has 1 nitrogen and oxygen atoms in total. The molecular formula is C12H24BNS. The van der Waals surface area contributed by atoms with Gasteiger partial charge in [-0.15, -0.1) is 0 Å². The Morgan fingerprint density at radius 1 is 1.33 bits per heavy atom. The molecule has 3 heteroatoms. The highest BCUT2D eigenvalue weighted by atomic mass is 32.1. The van der Waals surface area contributed by atoms with Gasteiger partial charge in [0.1, 0.15) is 7.85 Å². The van der Waals surface area contributed by atoms with Crippen LogP contribution in [0.3, 0.4) is 0 Å². The van der Waals surface area contributed by atoms with Crippen LogP contribution in [-0.2, 0) is 0 Å². The fourth-order valence-electron chi connectivity index (χ4n) is 3.57. The van der Waals surface area contributed by atoms with Gasteiger partial charge in [-0.1, -0.05) is 26.1 Å². The minimum atomic E-state index is 0.446. The van der Waals surface area contributed by atoms with E-state index in [0.717, 1.165) is 12.0 Å². The van der Waals surface area contributed by atoms with Crippen LogP contribution < -0.4 is 0 Å². The van der Waals surface area contributed by atoms with Crippen molar-refractivity contribution in [2.75, 3.05) is 7.05 Å². The first-order valence-corrected chi connectivity index (χ1v) is 6.69. The van der Waals surface area contributed by atoms with E-state index in [1.165, 1.54) is 19.3 Å². The predicted octanol–water partition coefficient (Wildman–Crippen LogP) is 2.19. The fourth-order valence-corrected chi connectivity index (χ4v) is 3.97. The number of nitrogens with zero attached hydrogens (tertiary/aromatic N) is 1. The van der Waals surface area contributed by atoms with Gasteiger partial charge in [0.25, 0.3) is 0 Å². The molecule has 0 spiro atoms. The van der Waals surface area contributed by atoms with E-state index in [9.17, 15) is 0 Å². The predicted molar refractivity (Wildman–Crippen MR) is 72.4 cm³/mol. The first kappa shape index (κ1) is 11.8. The topological polar surface area (TPSA) is 3.24 Å². The van der Waals surface area contributed by atoms with E-state index in [1.54, 1.807) is 0 Å². The smallest absolute Gasteiger partial charge is 0.110 e. The van der Waals surface area contributed by atoms with Crippen LogP contribution in [0.4, 0.5) is 0 Å². The third-order valence-electron chi connectivity index (χ3n) is 5.66. The highest BCUT2D eigenvalue weighted by Crippen LogP contribution is 2.61. The number of hydrogen-bond acceptors (Lipinski definition) is 2. The summed E-state index contributed by atoms with van der Waals surface area (Å²) in [6.45, 7) is 7.34. The zero-order chi connectivity index (χ0) is 11.4. The van der Waals surface area contributed by atoms with E-state index >= 15 is 0 Å². The zero-order valence-electron chi connectivity index (χ0n) is 10.7. The van der Waals surface area contributed by atoms with Crippen LogP contribution in [-0.4, -0.2) is 31.2 Å². The summed E-state index contributed by atoms with van der Waals surface area (Å²) in [4.78, 5) is 2.49. The van der Waals surface area contributed by atoms with Crippen molar-refractivity contribution in [3.63, 3.8) is 0 Å². The van der Waals surface area contributed by atoms with Crippen molar-refractivity contribution in [3.05, 3.63) is 0 Å². The molecule has 1 saturated carbocycles. The lowest BCUT2D eigenvalue weighted by Crippen LogP contribution is -2.47. The van der Waals surface area contributed by atoms with Crippen molar-refractivity contribution in [2.45, 2.75) is 56.8 Å². The van der Waals surface area contributed by atoms with Crippen molar-refractivity contribution in [1.29, 1.82) is 0 Å². The second kappa shape index (κ2) is 3.43. The Kier molecular flexibility index (Phi) is 2.71. The van der Waals surface area contributed by atoms with Crippen molar-refractivity contribution in [2.24, 2.45) is 11.3 Å². The lowest BCUT2D eigenvalue weighted by Gasteiger charge is -2.53. The van der Waals surface area contributed by atoms with Crippen molar-refractivity contribution in [3.8, 4) is 0 Å². The Bertz CT molecular complexity index is 264. The van der Waals surface area contributed by atoms with Crippen LogP contribution in [0.2, 0.25) is 5.31 Å². The molecule has 0 radical (unpaired) electrons. The molecule has 2 rings (SSSR count). The average molecular weight is 225 g/mol. The van der Waals surface area contributed by atoms with Gasteiger partial charge in [-0.2, -0.15) is 12.6 Å². The van der Waals surface area contributed by atoms with Gasteiger partial charge in [0.15, 0.2) is 0 Å². The maximum Gasteiger partial charge on any atom is 0.110 e. The largest absolute Gasteiger partial charge is 0.291 e. The summed E-state index contributed by atoms with van der Waals surface area (Å²) in [5.74, 6) is 0.828. The van der Waals surface area contributed by atoms with Crippen molar-refractivity contribution >= 4 is 20.5 Å². The molecule has 0 N–H and O–H groups in total. The van der Waals surface area contributed by atoms with Crippen molar-refractivity contribution in [1.82, 2.24) is 4.90 Å². The van der Waals surface area contributed by atoms with E-state index < -0.39 is 0 Å². The summed E-state index contributed by atoms with van der Waals surface area (Å²) in [5.41, 5.74) is 0.479. The van der Waals surface area contributed by atoms with Gasteiger partial charge in [-0.05, 0) is 37.6 Å². The Balaban J connectivity index is 2.29. The minimum absolute atomic E-state index is 0.446. The fraction of sp³-hybridized carbons (Fsp3) is 1.00. The van der Waals surface area contributed by atoms with E-state index in [-0.39, 0.29) is 0 Å². The average Bonchev–Trinajstić information content (AvgIpc) is 2.40. The van der Waals surface area contributed by atoms with E-state index in [0.29, 0.717) is 16.1 Å². The Morgan fingerprint density at radius 3 is 2.53 bits per heavy atom. The van der Waals surface area contributed by atoms with Crippen LogP contribution in [0.25, 0.3) is 0 Å². The second-order valence-corrected chi connectivity index (χ2v) is 7.30. The minimum Gasteiger partial charge on any atom is -0.291 e. The van der Waals surface area contributed by atoms with Gasteiger partial charge in [0.2, 0.25) is 0 Å². The zero-order valence-corrected chi connectivity index (χ0v) is 11.6. The highest BCUT2D eigenvalue weighted by molar-refractivity contribution is 7.80. The molecule has 1 aliphatic heterocycles. The molecule has 2 fully saturated rings. The van der Waals surface area contributed by atoms with Gasteiger partial charge >= 0.3 is 0 Å². The van der Waals surface area contributed by atoms with Crippen LogP contribution in [0, 0.1) is 11.3 Å². The number of fused-ring (bicyclic) bond motifs is 1. The first-order chi connectivity index (χ1) is 6.77. The van der Waals surface area contributed by atoms with Crippen LogP contribution in [0.5, 0.6) is 0 Å². The molecule has 2 aliphatic rings. The molecule has 86 valence electrons. The summed E-state index contributed by atoms with van der Waals surface area (Å²) < 4.78 is 0. The first-order valence-electron chi connectivity index (χ1n) is 6.17. The lowest BCUT2D eigenvalue weighted by atomic mass is 9.44. The molecule has 1 heterocycles. The van der Waals surface area contributed by atoms with Crippen LogP contribution >= 0.6 is 12.6 Å². The third-order valence-corrected chi connectivity index (χ3v) is 6.23. The number of thiol groups is 1. The van der Waals surface area contributed by atoms with Crippen LogP contribution in [0.15, 0.2) is 0 Å². The molecule has 0 aromatic carbocycles. The van der Waals surface area contributed by atoms with Gasteiger partial charge < -0.3 is 0 Å². The number of hydrogen-bond donors (Lipinski definition) is 1. The lowest BCUT2D eigenvalue weighted by molar-refractivity contribution is 0.0680. The maximum atomic E-state index is 4.70. The molecule has 0 aromatic rings. The molecule has 15 heavy (non-hydrogen) atoms. The quantitative estimate of drug-likeness (QED) is 0.488. The van der Waals surface area contributed by atoms with Gasteiger partial charge in [0.05, 0.1) is 5.37 Å². The maximum absolute atomic E-state index is 4.70. The normalized spacial score (nSPS) is 50.3. The van der Waals surface area contributed by atoms with E-state index in [4.69, 9.17) is 12.6 Å². The summed E-state index contributed by atoms with van der Waals surface area (Å²) in [5, 5.41) is 0.926. The molecule has 0 bridgehead atoms. The summed E-state index contributed by atoms with van der Waals surface area (Å²) >= 11 is 4.70. The highest BCUT2D eigenvalue weighted by Gasteiger charge is 2.54. The summed E-state index contributed by atoms with van der Waals surface area (Å²) in [6.07, 6.45) is 3.97. The number of rotatable bonds is 0. The van der Waals surface area contributed by atoms with Gasteiger partial charge in [-0.25, -0.2) is 0 Å². The monoisotopic (exact) mass is 225 g/mol. The Morgan fingerprint density at radius 2 is 1.93 bits per heavy atom. The third kappa shape index (κ3) is 1.58. The molecule has 0 aromatic heterocycles. The van der Waals surface area contributed by atoms with E-state index in [2.05, 4.69) is 40.6 Å². The Labute approximate surface area is 101 Å².